The fraction of sp³-hybridized carbons (Fsp3) is 0.619. The number of aliphatic hydroxyl groups excluding tert-OH is 6. The van der Waals surface area contributed by atoms with Crippen molar-refractivity contribution in [3.63, 3.8) is 0 Å². The monoisotopic (exact) mass is 458 g/mol. The number of aliphatic hydroxyl groups is 6. The molecule has 180 valence electrons. The molecule has 2 fully saturated rings. The number of allylic oxidation sites excluding steroid dienone is 1. The van der Waals surface area contributed by atoms with Crippen molar-refractivity contribution in [3.8, 4) is 11.5 Å². The summed E-state index contributed by atoms with van der Waals surface area (Å²) in [5, 5.41) is 70.6. The summed E-state index contributed by atoms with van der Waals surface area (Å²) in [4.78, 5) is 0. The fourth-order valence-electron chi connectivity index (χ4n) is 3.57. The first-order valence-corrected chi connectivity index (χ1v) is 10.2. The minimum Gasteiger partial charge on any atom is -0.504 e. The Balaban J connectivity index is 1.66. The summed E-state index contributed by atoms with van der Waals surface area (Å²) in [6.45, 7) is 4.70. The van der Waals surface area contributed by atoms with Gasteiger partial charge in [-0.3, -0.25) is 0 Å². The number of hydrogen-bond donors (Lipinski definition) is 7. The van der Waals surface area contributed by atoms with E-state index < -0.39 is 68.0 Å². The second-order valence-corrected chi connectivity index (χ2v) is 7.94. The second kappa shape index (κ2) is 10.4. The number of ether oxygens (including phenoxy) is 4. The topological polar surface area (TPSA) is 179 Å². The number of aromatic hydroxyl groups is 1. The van der Waals surface area contributed by atoms with Crippen LogP contribution in [-0.2, 0) is 20.6 Å². The van der Waals surface area contributed by atoms with Gasteiger partial charge in [0.1, 0.15) is 42.7 Å². The van der Waals surface area contributed by atoms with Crippen molar-refractivity contribution in [2.24, 2.45) is 0 Å². The molecule has 3 rings (SSSR count). The Morgan fingerprint density at radius 3 is 2.22 bits per heavy atom. The first-order valence-electron chi connectivity index (χ1n) is 10.2. The van der Waals surface area contributed by atoms with Crippen molar-refractivity contribution in [2.45, 2.75) is 74.8 Å². The molecule has 0 aromatic heterocycles. The van der Waals surface area contributed by atoms with Crippen LogP contribution in [0.5, 0.6) is 11.5 Å². The summed E-state index contributed by atoms with van der Waals surface area (Å²) in [6.07, 6.45) is -11.9. The normalized spacial score (nSPS) is 40.1. The molecule has 2 heterocycles. The fourth-order valence-corrected chi connectivity index (χ4v) is 3.57. The van der Waals surface area contributed by atoms with Crippen LogP contribution in [0.15, 0.2) is 30.9 Å². The first-order chi connectivity index (χ1) is 15.1. The van der Waals surface area contributed by atoms with Gasteiger partial charge in [0.05, 0.1) is 12.7 Å². The predicted octanol–water partition coefficient (Wildman–Crippen LogP) is -1.85. The van der Waals surface area contributed by atoms with Gasteiger partial charge < -0.3 is 54.7 Å². The van der Waals surface area contributed by atoms with Crippen LogP contribution in [-0.4, -0.2) is 104 Å². The molecule has 0 unspecified atom stereocenters. The van der Waals surface area contributed by atoms with Gasteiger partial charge in [0.25, 0.3) is 0 Å². The minimum atomic E-state index is -1.66. The third-order valence-electron chi connectivity index (χ3n) is 5.55. The zero-order valence-corrected chi connectivity index (χ0v) is 17.5. The molecule has 10 atom stereocenters. The lowest BCUT2D eigenvalue weighted by molar-refractivity contribution is -0.318. The molecule has 2 aliphatic heterocycles. The summed E-state index contributed by atoms with van der Waals surface area (Å²) in [5.41, 5.74) is 0.782. The van der Waals surface area contributed by atoms with Gasteiger partial charge in [0.15, 0.2) is 17.8 Å². The Hall–Kier alpha value is -1.80. The van der Waals surface area contributed by atoms with E-state index in [1.807, 2.05) is 0 Å². The Kier molecular flexibility index (Phi) is 8.09. The lowest BCUT2D eigenvalue weighted by Crippen LogP contribution is -2.61. The van der Waals surface area contributed by atoms with Crippen LogP contribution in [0.25, 0.3) is 0 Å². The molecule has 0 aliphatic carbocycles. The Morgan fingerprint density at radius 2 is 1.56 bits per heavy atom. The molecule has 2 saturated heterocycles. The standard InChI is InChI=1S/C21H30O11/c1-3-4-10-5-6-12(11(22)7-10)31-21-19(28)17(26)15(24)13(32-21)8-29-20-18(27)16(25)14(23)9(2)30-20/h3,5-7,9,13-28H,1,4,8H2,2H3/t9-,13+,14+,15-,16-,17+,18-,19-,20-,21-/m1/s1. The zero-order valence-electron chi connectivity index (χ0n) is 17.5. The van der Waals surface area contributed by atoms with Crippen LogP contribution in [0.3, 0.4) is 0 Å². The average Bonchev–Trinajstić information content (AvgIpc) is 2.76. The van der Waals surface area contributed by atoms with Crippen LogP contribution in [0.1, 0.15) is 12.5 Å². The SMILES string of the molecule is C=CCc1ccc(O[C@@H]2O[C@@H](CO[C@@H]3O[C@H](C)[C@H](O)[C@@H](O)[C@H]3O)[C@@H](O)[C@H](O)[C@H]2O)c(O)c1. The molecule has 1 aromatic carbocycles. The van der Waals surface area contributed by atoms with E-state index >= 15 is 0 Å². The number of phenols is 1. The molecular weight excluding hydrogens is 428 g/mol. The van der Waals surface area contributed by atoms with E-state index in [0.717, 1.165) is 5.56 Å². The Bertz CT molecular complexity index is 774. The molecule has 2 aliphatic rings. The third kappa shape index (κ3) is 5.22. The van der Waals surface area contributed by atoms with Gasteiger partial charge in [-0.25, -0.2) is 0 Å². The molecule has 0 bridgehead atoms. The van der Waals surface area contributed by atoms with Gasteiger partial charge >= 0.3 is 0 Å². The van der Waals surface area contributed by atoms with Crippen molar-refractivity contribution in [1.29, 1.82) is 0 Å². The maximum Gasteiger partial charge on any atom is 0.229 e. The minimum absolute atomic E-state index is 0.0120. The quantitative estimate of drug-likeness (QED) is 0.228. The number of phenolic OH excluding ortho intramolecular Hbond substituents is 1. The number of benzene rings is 1. The molecule has 0 radical (unpaired) electrons. The van der Waals surface area contributed by atoms with Crippen LogP contribution in [0, 0.1) is 0 Å². The summed E-state index contributed by atoms with van der Waals surface area (Å²) < 4.78 is 21.8. The summed E-state index contributed by atoms with van der Waals surface area (Å²) in [7, 11) is 0. The van der Waals surface area contributed by atoms with E-state index in [4.69, 9.17) is 18.9 Å². The van der Waals surface area contributed by atoms with Gasteiger partial charge in [-0.1, -0.05) is 12.1 Å². The highest BCUT2D eigenvalue weighted by molar-refractivity contribution is 5.42. The zero-order chi connectivity index (χ0) is 23.6. The average molecular weight is 458 g/mol. The van der Waals surface area contributed by atoms with Crippen LogP contribution >= 0.6 is 0 Å². The molecule has 11 nitrogen and oxygen atoms in total. The summed E-state index contributed by atoms with van der Waals surface area (Å²) >= 11 is 0. The van der Waals surface area contributed by atoms with E-state index in [2.05, 4.69) is 6.58 Å². The van der Waals surface area contributed by atoms with Crippen molar-refractivity contribution in [3.05, 3.63) is 36.4 Å². The molecule has 1 aromatic rings. The number of hydrogen-bond acceptors (Lipinski definition) is 11. The van der Waals surface area contributed by atoms with Crippen molar-refractivity contribution in [1.82, 2.24) is 0 Å². The summed E-state index contributed by atoms with van der Waals surface area (Å²) in [6, 6.07) is 4.61. The molecule has 32 heavy (non-hydrogen) atoms. The van der Waals surface area contributed by atoms with E-state index in [1.165, 1.54) is 19.1 Å². The lowest BCUT2D eigenvalue weighted by atomic mass is 9.98. The third-order valence-corrected chi connectivity index (χ3v) is 5.55. The highest BCUT2D eigenvalue weighted by Crippen LogP contribution is 2.32. The number of rotatable bonds is 7. The Labute approximate surface area is 184 Å². The van der Waals surface area contributed by atoms with E-state index in [-0.39, 0.29) is 11.5 Å². The first kappa shape index (κ1) is 24.8. The van der Waals surface area contributed by atoms with Gasteiger partial charge in [0, 0.05) is 0 Å². The van der Waals surface area contributed by atoms with Gasteiger partial charge in [0.2, 0.25) is 6.29 Å². The van der Waals surface area contributed by atoms with Crippen LogP contribution in [0.2, 0.25) is 0 Å². The largest absolute Gasteiger partial charge is 0.504 e. The maximum atomic E-state index is 10.3. The summed E-state index contributed by atoms with van der Waals surface area (Å²) in [5.74, 6) is -0.226. The molecule has 0 spiro atoms. The lowest BCUT2D eigenvalue weighted by Gasteiger charge is -2.42. The Morgan fingerprint density at radius 1 is 0.906 bits per heavy atom. The molecule has 0 saturated carbocycles. The highest BCUT2D eigenvalue weighted by atomic mass is 16.7. The van der Waals surface area contributed by atoms with Crippen molar-refractivity contribution in [2.75, 3.05) is 6.61 Å². The van der Waals surface area contributed by atoms with Crippen LogP contribution in [0.4, 0.5) is 0 Å². The molecule has 11 heteroatoms. The van der Waals surface area contributed by atoms with Gasteiger partial charge in [-0.05, 0) is 31.0 Å². The van der Waals surface area contributed by atoms with Crippen molar-refractivity contribution >= 4 is 0 Å². The second-order valence-electron chi connectivity index (χ2n) is 7.94. The smallest absolute Gasteiger partial charge is 0.229 e. The molecular formula is C21H30O11. The van der Waals surface area contributed by atoms with E-state index in [9.17, 15) is 35.7 Å². The molecule has 0 amide bonds. The predicted molar refractivity (Wildman–Crippen MR) is 108 cm³/mol. The van der Waals surface area contributed by atoms with E-state index in [1.54, 1.807) is 12.1 Å². The van der Waals surface area contributed by atoms with Gasteiger partial charge in [-0.2, -0.15) is 0 Å². The van der Waals surface area contributed by atoms with Gasteiger partial charge in [-0.15, -0.1) is 6.58 Å². The highest BCUT2D eigenvalue weighted by Gasteiger charge is 2.47. The van der Waals surface area contributed by atoms with E-state index in [0.29, 0.717) is 6.42 Å². The van der Waals surface area contributed by atoms with Crippen LogP contribution < -0.4 is 4.74 Å². The van der Waals surface area contributed by atoms with Crippen molar-refractivity contribution < 1.29 is 54.7 Å². The maximum absolute atomic E-state index is 10.3. The molecule has 7 N–H and O–H groups in total.